The molecule has 40 heavy (non-hydrogen) atoms. The second kappa shape index (κ2) is 7.19. The molecule has 0 spiro atoms. The smallest absolute Gasteiger partial charge is 0.138 e. The van der Waals surface area contributed by atoms with E-state index in [4.69, 9.17) is 9.41 Å². The molecule has 4 heterocycles. The van der Waals surface area contributed by atoms with Crippen LogP contribution in [0.2, 0.25) is 0 Å². The zero-order chi connectivity index (χ0) is 25.9. The van der Waals surface area contributed by atoms with E-state index < -0.39 is 0 Å². The summed E-state index contributed by atoms with van der Waals surface area (Å²) in [4.78, 5) is 5.11. The first-order chi connectivity index (χ1) is 19.8. The number of allylic oxidation sites excluding steroid dienone is 2. The highest BCUT2D eigenvalue weighted by Gasteiger charge is 2.28. The van der Waals surface area contributed by atoms with E-state index in [2.05, 4.69) is 125 Å². The lowest BCUT2D eigenvalue weighted by atomic mass is 9.97. The van der Waals surface area contributed by atoms with E-state index in [1.54, 1.807) is 0 Å². The minimum absolute atomic E-state index is 0.0762. The fourth-order valence-electron chi connectivity index (χ4n) is 6.92. The normalized spacial score (nSPS) is 16.4. The van der Waals surface area contributed by atoms with Gasteiger partial charge in [-0.25, -0.2) is 4.99 Å². The molecule has 0 fully saturated rings. The number of aliphatic imine (C=N–C) groups is 1. The molecule has 0 saturated carbocycles. The molecule has 5 aromatic carbocycles. The van der Waals surface area contributed by atoms with Gasteiger partial charge in [0.25, 0.3) is 0 Å². The van der Waals surface area contributed by atoms with Crippen LogP contribution in [0.15, 0.2) is 125 Å². The zero-order valence-corrected chi connectivity index (χ0v) is 21.3. The van der Waals surface area contributed by atoms with Crippen LogP contribution < -0.4 is 5.32 Å². The molecule has 1 atom stereocenters. The number of fused-ring (bicyclic) bond motifs is 11. The van der Waals surface area contributed by atoms with Gasteiger partial charge in [0.05, 0.1) is 22.8 Å². The van der Waals surface area contributed by atoms with Crippen molar-refractivity contribution < 1.29 is 4.42 Å². The number of hydrogen-bond donors (Lipinski definition) is 1. The van der Waals surface area contributed by atoms with Gasteiger partial charge in [-0.2, -0.15) is 0 Å². The third-order valence-electron chi connectivity index (χ3n) is 8.72. The van der Waals surface area contributed by atoms with Gasteiger partial charge in [0.15, 0.2) is 0 Å². The number of hydrogen-bond acceptors (Lipinski definition) is 3. The molecule has 0 saturated heterocycles. The number of nitrogens with zero attached hydrogens (tertiary/aromatic N) is 2. The average molecular weight is 512 g/mol. The number of furan rings is 1. The molecule has 1 unspecified atom stereocenters. The van der Waals surface area contributed by atoms with Gasteiger partial charge in [0.2, 0.25) is 0 Å². The topological polar surface area (TPSA) is 41.9 Å². The van der Waals surface area contributed by atoms with Crippen LogP contribution in [0, 0.1) is 0 Å². The zero-order valence-electron chi connectivity index (χ0n) is 21.3. The first-order valence-electron chi connectivity index (χ1n) is 13.7. The molecule has 0 radical (unpaired) electrons. The number of aromatic nitrogens is 1. The standard InChI is InChI=1S/C36H21N3O/c1-2-9-22-20(7-1)8-5-10-23(22)21-15-16-32-27(17-21)28-18-31-26(19-33(28)40-32)24-11-6-12-25-34-36(39(31)35(24)25)38-30-14-4-3-13-29(30)37-34/h1-19,30,38H. The molecule has 1 aliphatic carbocycles. The molecular formula is C36H21N3O. The van der Waals surface area contributed by atoms with Crippen molar-refractivity contribution in [1.82, 2.24) is 4.40 Å². The van der Waals surface area contributed by atoms with Crippen LogP contribution in [0.25, 0.3) is 71.0 Å². The van der Waals surface area contributed by atoms with E-state index in [-0.39, 0.29) is 6.04 Å². The van der Waals surface area contributed by atoms with Gasteiger partial charge < -0.3 is 9.73 Å². The van der Waals surface area contributed by atoms with Gasteiger partial charge in [-0.3, -0.25) is 4.40 Å². The van der Waals surface area contributed by atoms with Crippen molar-refractivity contribution in [2.24, 2.45) is 4.99 Å². The monoisotopic (exact) mass is 511 g/mol. The fourth-order valence-corrected chi connectivity index (χ4v) is 6.92. The maximum Gasteiger partial charge on any atom is 0.138 e. The van der Waals surface area contributed by atoms with E-state index in [9.17, 15) is 0 Å². The predicted octanol–water partition coefficient (Wildman–Crippen LogP) is 9.40. The summed E-state index contributed by atoms with van der Waals surface area (Å²) in [5.74, 6) is 1.05. The Morgan fingerprint density at radius 1 is 0.700 bits per heavy atom. The van der Waals surface area contributed by atoms with Crippen molar-refractivity contribution in [3.8, 4) is 11.1 Å². The van der Waals surface area contributed by atoms with Gasteiger partial charge in [-0.05, 0) is 52.2 Å². The van der Waals surface area contributed by atoms with E-state index in [0.717, 1.165) is 39.2 Å². The van der Waals surface area contributed by atoms with Crippen LogP contribution in [0.5, 0.6) is 0 Å². The highest BCUT2D eigenvalue weighted by Crippen LogP contribution is 2.47. The molecule has 0 bridgehead atoms. The van der Waals surface area contributed by atoms with Gasteiger partial charge in [-0.15, -0.1) is 0 Å². The molecule has 186 valence electrons. The van der Waals surface area contributed by atoms with Gasteiger partial charge in [0.1, 0.15) is 22.7 Å². The van der Waals surface area contributed by atoms with E-state index in [1.165, 1.54) is 49.1 Å². The van der Waals surface area contributed by atoms with Crippen molar-refractivity contribution in [2.75, 3.05) is 5.32 Å². The lowest BCUT2D eigenvalue weighted by Crippen LogP contribution is -2.30. The molecule has 1 N–H and O–H groups in total. The van der Waals surface area contributed by atoms with Gasteiger partial charge in [-0.1, -0.05) is 85.0 Å². The summed E-state index contributed by atoms with van der Waals surface area (Å²) in [5, 5.41) is 12.1. The van der Waals surface area contributed by atoms with E-state index in [1.807, 2.05) is 0 Å². The molecule has 0 amide bonds. The Bertz CT molecular complexity index is 2460. The molecule has 3 aromatic heterocycles. The van der Waals surface area contributed by atoms with Crippen LogP contribution in [0.4, 0.5) is 11.5 Å². The molecule has 4 heteroatoms. The highest BCUT2D eigenvalue weighted by molar-refractivity contribution is 6.24. The summed E-state index contributed by atoms with van der Waals surface area (Å²) in [6, 6.07) is 32.8. The molecular weight excluding hydrogens is 490 g/mol. The summed E-state index contributed by atoms with van der Waals surface area (Å²) in [6.45, 7) is 0. The lowest BCUT2D eigenvalue weighted by molar-refractivity contribution is 0.669. The second-order valence-corrected chi connectivity index (χ2v) is 10.8. The van der Waals surface area contributed by atoms with Crippen molar-refractivity contribution in [1.29, 1.82) is 0 Å². The largest absolute Gasteiger partial charge is 0.456 e. The Morgan fingerprint density at radius 2 is 1.55 bits per heavy atom. The predicted molar refractivity (Wildman–Crippen MR) is 167 cm³/mol. The molecule has 10 rings (SSSR count). The third kappa shape index (κ3) is 2.53. The number of nitrogens with one attached hydrogen (secondary N) is 1. The summed E-state index contributed by atoms with van der Waals surface area (Å²) in [6.07, 6.45) is 8.41. The van der Waals surface area contributed by atoms with Crippen molar-refractivity contribution >= 4 is 77.1 Å². The minimum atomic E-state index is 0.0762. The quantitative estimate of drug-likeness (QED) is 0.238. The van der Waals surface area contributed by atoms with Crippen LogP contribution in [-0.4, -0.2) is 16.2 Å². The Hall–Kier alpha value is -5.35. The Morgan fingerprint density at radius 3 is 2.55 bits per heavy atom. The van der Waals surface area contributed by atoms with Crippen LogP contribution in [0.3, 0.4) is 0 Å². The van der Waals surface area contributed by atoms with Crippen LogP contribution in [0.1, 0.15) is 0 Å². The SMILES string of the molecule is C1=CC2=Nc3c(n4c5cc6c(cc5c5cccc3c54)oc3ccc(-c4cccc5ccccc45)cc36)NC2C=C1. The van der Waals surface area contributed by atoms with Crippen molar-refractivity contribution in [3.63, 3.8) is 0 Å². The Balaban J connectivity index is 1.28. The highest BCUT2D eigenvalue weighted by atomic mass is 16.3. The Kier molecular flexibility index (Phi) is 3.70. The van der Waals surface area contributed by atoms with Crippen LogP contribution >= 0.6 is 0 Å². The summed E-state index contributed by atoms with van der Waals surface area (Å²) >= 11 is 0. The number of benzene rings is 5. The van der Waals surface area contributed by atoms with Gasteiger partial charge >= 0.3 is 0 Å². The number of para-hydroxylation sites is 1. The average Bonchev–Trinajstić information content (AvgIpc) is 3.64. The van der Waals surface area contributed by atoms with Gasteiger partial charge in [0, 0.05) is 26.9 Å². The number of rotatable bonds is 1. The fraction of sp³-hybridized carbons (Fsp3) is 0.0278. The number of anilines is 1. The van der Waals surface area contributed by atoms with Crippen molar-refractivity contribution in [2.45, 2.75) is 6.04 Å². The first kappa shape index (κ1) is 20.6. The molecule has 4 nitrogen and oxygen atoms in total. The third-order valence-corrected chi connectivity index (χ3v) is 8.72. The minimum Gasteiger partial charge on any atom is -0.456 e. The first-order valence-corrected chi connectivity index (χ1v) is 13.7. The summed E-state index contributed by atoms with van der Waals surface area (Å²) < 4.78 is 8.82. The van der Waals surface area contributed by atoms with Crippen LogP contribution in [-0.2, 0) is 0 Å². The van der Waals surface area contributed by atoms with E-state index in [0.29, 0.717) is 0 Å². The molecule has 8 aromatic rings. The van der Waals surface area contributed by atoms with Crippen molar-refractivity contribution in [3.05, 3.63) is 115 Å². The van der Waals surface area contributed by atoms with E-state index >= 15 is 0 Å². The molecule has 1 aliphatic heterocycles. The summed E-state index contributed by atoms with van der Waals surface area (Å²) in [5.41, 5.74) is 8.69. The summed E-state index contributed by atoms with van der Waals surface area (Å²) in [7, 11) is 0. The lowest BCUT2D eigenvalue weighted by Gasteiger charge is -2.23. The second-order valence-electron chi connectivity index (χ2n) is 10.8. The maximum atomic E-state index is 6.45. The Labute approximate surface area is 228 Å². The maximum absolute atomic E-state index is 6.45. The molecule has 2 aliphatic rings.